The molecule has 0 aliphatic heterocycles. The van der Waals surface area contributed by atoms with Gasteiger partial charge in [0.2, 0.25) is 5.91 Å². The fourth-order valence-electron chi connectivity index (χ4n) is 3.94. The van der Waals surface area contributed by atoms with Gasteiger partial charge in [-0.05, 0) is 37.3 Å². The third kappa shape index (κ3) is 6.21. The van der Waals surface area contributed by atoms with Crippen LogP contribution in [-0.4, -0.2) is 34.4 Å². The molecule has 4 N–H and O–H groups in total. The molecule has 8 nitrogen and oxygen atoms in total. The first-order chi connectivity index (χ1) is 16.0. The number of nitrogens with two attached hydrogens (primary N) is 1. The normalized spacial score (nSPS) is 19.4. The summed E-state index contributed by atoms with van der Waals surface area (Å²) in [6, 6.07) is 3.60. The topological polar surface area (TPSA) is 124 Å². The second-order valence-corrected chi connectivity index (χ2v) is 9.26. The zero-order valence-corrected chi connectivity index (χ0v) is 19.0. The highest BCUT2D eigenvalue weighted by Crippen LogP contribution is 2.41. The van der Waals surface area contributed by atoms with Crippen LogP contribution in [0, 0.1) is 0 Å². The number of hydrogen-bond acceptors (Lipinski definition) is 8. The number of aliphatic hydroxyl groups is 1. The summed E-state index contributed by atoms with van der Waals surface area (Å²) in [5.74, 6) is -0.114. The summed E-state index contributed by atoms with van der Waals surface area (Å²) in [6.07, 6.45) is 10.6. The van der Waals surface area contributed by atoms with E-state index in [9.17, 15) is 14.7 Å². The van der Waals surface area contributed by atoms with Gasteiger partial charge in [0.15, 0.2) is 0 Å². The Kier molecular flexibility index (Phi) is 7.41. The van der Waals surface area contributed by atoms with Crippen molar-refractivity contribution in [3.63, 3.8) is 0 Å². The van der Waals surface area contributed by atoms with E-state index in [1.807, 2.05) is 18.2 Å². The summed E-state index contributed by atoms with van der Waals surface area (Å²) < 4.78 is 10.7. The molecular weight excluding hydrogens is 442 g/mol. The molecule has 0 saturated carbocycles. The predicted molar refractivity (Wildman–Crippen MR) is 126 cm³/mol. The molecule has 2 unspecified atom stereocenters. The number of fused-ring (bicyclic) bond motifs is 1. The van der Waals surface area contributed by atoms with Crippen LogP contribution in [-0.2, 0) is 33.7 Å². The first-order valence-electron chi connectivity index (χ1n) is 10.9. The number of allylic oxidation sites excluding steroid dienone is 2. The lowest BCUT2D eigenvalue weighted by Gasteiger charge is -2.22. The van der Waals surface area contributed by atoms with Crippen molar-refractivity contribution in [1.82, 2.24) is 4.98 Å². The number of ether oxygens (including phenoxy) is 2. The van der Waals surface area contributed by atoms with Crippen molar-refractivity contribution < 1.29 is 24.2 Å². The molecule has 2 atom stereocenters. The number of rotatable bonds is 7. The molecule has 0 fully saturated rings. The Morgan fingerprint density at radius 2 is 2.21 bits per heavy atom. The van der Waals surface area contributed by atoms with E-state index in [-0.39, 0.29) is 18.6 Å². The Morgan fingerprint density at radius 1 is 1.33 bits per heavy atom. The minimum atomic E-state index is -0.706. The highest BCUT2D eigenvalue weighted by atomic mass is 32.1. The minimum Gasteiger partial charge on any atom is -0.431 e. The van der Waals surface area contributed by atoms with Crippen molar-refractivity contribution in [2.24, 2.45) is 0 Å². The van der Waals surface area contributed by atoms with Crippen LogP contribution in [0.25, 0.3) is 0 Å². The summed E-state index contributed by atoms with van der Waals surface area (Å²) in [7, 11) is 0. The average Bonchev–Trinajstić information content (AvgIpc) is 3.11. The lowest BCUT2D eigenvalue weighted by Crippen LogP contribution is -2.25. The number of pyridine rings is 1. The maximum Gasteiger partial charge on any atom is 0.508 e. The molecule has 0 bridgehead atoms. The van der Waals surface area contributed by atoms with Gasteiger partial charge in [-0.1, -0.05) is 29.9 Å². The highest BCUT2D eigenvalue weighted by Gasteiger charge is 2.28. The molecule has 2 aromatic heterocycles. The van der Waals surface area contributed by atoms with Crippen molar-refractivity contribution in [3.8, 4) is 0 Å². The van der Waals surface area contributed by atoms with E-state index < -0.39 is 12.3 Å². The fraction of sp³-hybridized carbons (Fsp3) is 0.375. The van der Waals surface area contributed by atoms with Crippen LogP contribution in [0.4, 0.5) is 15.5 Å². The van der Waals surface area contributed by atoms with E-state index in [4.69, 9.17) is 15.2 Å². The molecule has 174 valence electrons. The summed E-state index contributed by atoms with van der Waals surface area (Å²) in [6.45, 7) is 0.110. The fourth-order valence-corrected chi connectivity index (χ4v) is 5.19. The molecule has 0 aromatic carbocycles. The van der Waals surface area contributed by atoms with E-state index in [1.54, 1.807) is 24.5 Å². The zero-order chi connectivity index (χ0) is 23.2. The van der Waals surface area contributed by atoms with Crippen molar-refractivity contribution in [3.05, 3.63) is 64.3 Å². The van der Waals surface area contributed by atoms with Crippen molar-refractivity contribution in [2.75, 3.05) is 11.1 Å². The Labute approximate surface area is 196 Å². The van der Waals surface area contributed by atoms with Gasteiger partial charge in [-0.25, -0.2) is 4.79 Å². The Hall–Kier alpha value is -3.17. The average molecular weight is 470 g/mol. The zero-order valence-electron chi connectivity index (χ0n) is 18.2. The van der Waals surface area contributed by atoms with Gasteiger partial charge >= 0.3 is 6.16 Å². The smallest absolute Gasteiger partial charge is 0.431 e. The number of carbonyl (C=O) groups is 2. The van der Waals surface area contributed by atoms with Crippen LogP contribution >= 0.6 is 11.3 Å². The van der Waals surface area contributed by atoms with Gasteiger partial charge in [0.25, 0.3) is 0 Å². The van der Waals surface area contributed by atoms with Crippen molar-refractivity contribution >= 4 is 34.1 Å². The summed E-state index contributed by atoms with van der Waals surface area (Å²) in [5.41, 5.74) is 9.74. The number of nitrogen functional groups attached to an aromatic ring is 1. The molecule has 9 heteroatoms. The summed E-state index contributed by atoms with van der Waals surface area (Å²) >= 11 is 1.43. The number of aliphatic hydroxyl groups excluding tert-OH is 1. The van der Waals surface area contributed by atoms with E-state index in [0.29, 0.717) is 49.2 Å². The van der Waals surface area contributed by atoms with Crippen LogP contribution in [0.15, 0.2) is 48.3 Å². The number of thiophene rings is 1. The summed E-state index contributed by atoms with van der Waals surface area (Å²) in [4.78, 5) is 29.5. The van der Waals surface area contributed by atoms with Gasteiger partial charge in [-0.15, -0.1) is 11.3 Å². The van der Waals surface area contributed by atoms with Gasteiger partial charge in [0, 0.05) is 35.7 Å². The SMILES string of the molecule is Nc1c(NC(=O)CCC2=CC=CC(O)C2)sc2c1CCC(OC(=O)OCc1cccnc1)C2. The minimum absolute atomic E-state index is 0.110. The molecule has 2 aliphatic rings. The molecule has 0 saturated heterocycles. The number of nitrogens with one attached hydrogen (secondary N) is 1. The number of nitrogens with zero attached hydrogens (tertiary/aromatic N) is 1. The second-order valence-electron chi connectivity index (χ2n) is 8.16. The van der Waals surface area contributed by atoms with Gasteiger partial charge in [-0.3, -0.25) is 9.78 Å². The molecule has 4 rings (SSSR count). The quantitative estimate of drug-likeness (QED) is 0.525. The van der Waals surface area contributed by atoms with Crippen LogP contribution in [0.5, 0.6) is 0 Å². The van der Waals surface area contributed by atoms with Crippen LogP contribution in [0.2, 0.25) is 0 Å². The number of amides is 1. The third-order valence-electron chi connectivity index (χ3n) is 5.67. The lowest BCUT2D eigenvalue weighted by molar-refractivity contribution is -0.116. The van der Waals surface area contributed by atoms with Crippen LogP contribution in [0.3, 0.4) is 0 Å². The monoisotopic (exact) mass is 469 g/mol. The first kappa shape index (κ1) is 23.0. The van der Waals surface area contributed by atoms with E-state index >= 15 is 0 Å². The molecule has 1 amide bonds. The van der Waals surface area contributed by atoms with Crippen molar-refractivity contribution in [2.45, 2.75) is 57.3 Å². The van der Waals surface area contributed by atoms with Gasteiger partial charge in [0.05, 0.1) is 11.8 Å². The van der Waals surface area contributed by atoms with Crippen LogP contribution in [0.1, 0.15) is 41.7 Å². The molecule has 2 aromatic rings. The van der Waals surface area contributed by atoms with E-state index in [0.717, 1.165) is 21.6 Å². The standard InChI is InChI=1S/C24H27N3O5S/c25-22-19-8-7-18(32-24(30)31-14-16-4-2-10-26-13-16)12-20(19)33-23(22)27-21(29)9-6-15-3-1-5-17(28)11-15/h1-5,10,13,17-18,28H,6-9,11-12,14,25H2,(H,27,29). The number of anilines is 2. The molecule has 33 heavy (non-hydrogen) atoms. The summed E-state index contributed by atoms with van der Waals surface area (Å²) in [5, 5.41) is 13.2. The molecular formula is C24H27N3O5S. The van der Waals surface area contributed by atoms with Gasteiger partial charge in [-0.2, -0.15) is 0 Å². The second kappa shape index (κ2) is 10.6. The van der Waals surface area contributed by atoms with Gasteiger partial charge < -0.3 is 25.6 Å². The maximum absolute atomic E-state index is 12.4. The largest absolute Gasteiger partial charge is 0.508 e. The van der Waals surface area contributed by atoms with E-state index in [2.05, 4.69) is 10.3 Å². The first-order valence-corrected chi connectivity index (χ1v) is 11.8. The number of aromatic nitrogens is 1. The Morgan fingerprint density at radius 3 is 3.00 bits per heavy atom. The lowest BCUT2D eigenvalue weighted by atomic mass is 9.95. The number of hydrogen-bond donors (Lipinski definition) is 3. The molecule has 2 aliphatic carbocycles. The highest BCUT2D eigenvalue weighted by molar-refractivity contribution is 7.17. The molecule has 0 spiro atoms. The maximum atomic E-state index is 12.4. The Bertz CT molecular complexity index is 1060. The van der Waals surface area contributed by atoms with E-state index in [1.165, 1.54) is 11.3 Å². The number of carbonyl (C=O) groups excluding carboxylic acids is 2. The van der Waals surface area contributed by atoms with Gasteiger partial charge in [0.1, 0.15) is 17.7 Å². The van der Waals surface area contributed by atoms with Crippen molar-refractivity contribution in [1.29, 1.82) is 0 Å². The molecule has 0 radical (unpaired) electrons. The van der Waals surface area contributed by atoms with Crippen LogP contribution < -0.4 is 11.1 Å². The molecule has 2 heterocycles. The third-order valence-corrected chi connectivity index (χ3v) is 6.85. The Balaban J connectivity index is 1.27. The predicted octanol–water partition coefficient (Wildman–Crippen LogP) is 3.90.